The Morgan fingerprint density at radius 1 is 1.00 bits per heavy atom. The van der Waals surface area contributed by atoms with E-state index in [1.165, 1.54) is 22.0 Å². The van der Waals surface area contributed by atoms with Crippen molar-refractivity contribution in [3.05, 3.63) is 65.9 Å². The average Bonchev–Trinajstić information content (AvgIpc) is 3.13. The summed E-state index contributed by atoms with van der Waals surface area (Å²) in [7, 11) is 3.50. The number of para-hydroxylation sites is 1. The summed E-state index contributed by atoms with van der Waals surface area (Å²) in [5, 5.41) is 8.07. The lowest BCUT2D eigenvalue weighted by molar-refractivity contribution is 0.414. The van der Waals surface area contributed by atoms with Gasteiger partial charge in [-0.25, -0.2) is 0 Å². The van der Waals surface area contributed by atoms with Gasteiger partial charge in [0.15, 0.2) is 5.96 Å². The van der Waals surface area contributed by atoms with Crippen LogP contribution in [0.15, 0.2) is 59.7 Å². The fourth-order valence-electron chi connectivity index (χ4n) is 3.17. The Morgan fingerprint density at radius 3 is 2.56 bits per heavy atom. The van der Waals surface area contributed by atoms with Crippen molar-refractivity contribution in [2.24, 2.45) is 4.99 Å². The van der Waals surface area contributed by atoms with Gasteiger partial charge in [-0.3, -0.25) is 4.99 Å². The number of nitrogens with zero attached hydrogens (tertiary/aromatic N) is 1. The highest BCUT2D eigenvalue weighted by molar-refractivity contribution is 5.83. The van der Waals surface area contributed by atoms with Crippen LogP contribution in [0.1, 0.15) is 17.5 Å². The Hall–Kier alpha value is -2.95. The fourth-order valence-corrected chi connectivity index (χ4v) is 3.17. The summed E-state index contributed by atoms with van der Waals surface area (Å²) >= 11 is 0. The number of guanidine groups is 1. The zero-order valence-electron chi connectivity index (χ0n) is 16.1. The molecule has 142 valence electrons. The Bertz CT molecular complexity index is 867. The van der Waals surface area contributed by atoms with E-state index in [-0.39, 0.29) is 0 Å². The topological polar surface area (TPSA) is 61.4 Å². The summed E-state index contributed by atoms with van der Waals surface area (Å²) < 4.78 is 5.19. The molecule has 0 bridgehead atoms. The molecule has 5 nitrogen and oxygen atoms in total. The third-order valence-electron chi connectivity index (χ3n) is 4.68. The maximum absolute atomic E-state index is 5.19. The third kappa shape index (κ3) is 5.26. The predicted molar refractivity (Wildman–Crippen MR) is 113 cm³/mol. The minimum atomic E-state index is 0.847. The molecule has 0 radical (unpaired) electrons. The standard InChI is InChI=1S/C22H28N4O/c1-23-22(24-14-5-6-17-9-11-19(27-2)12-10-17)25-15-13-18-16-26-21-8-4-3-7-20(18)21/h3-4,7-12,16,26H,5-6,13-15H2,1-2H3,(H2,23,24,25). The van der Waals surface area contributed by atoms with Crippen molar-refractivity contribution in [3.8, 4) is 5.75 Å². The smallest absolute Gasteiger partial charge is 0.190 e. The number of fused-ring (bicyclic) bond motifs is 1. The normalized spacial score (nSPS) is 11.6. The molecule has 0 atom stereocenters. The van der Waals surface area contributed by atoms with Crippen LogP contribution in [0.3, 0.4) is 0 Å². The molecule has 0 saturated heterocycles. The number of H-pyrrole nitrogens is 1. The second-order valence-corrected chi connectivity index (χ2v) is 6.49. The van der Waals surface area contributed by atoms with Crippen LogP contribution >= 0.6 is 0 Å². The van der Waals surface area contributed by atoms with E-state index in [1.54, 1.807) is 7.11 Å². The molecule has 2 aromatic carbocycles. The Balaban J connectivity index is 1.37. The van der Waals surface area contributed by atoms with Gasteiger partial charge in [0.25, 0.3) is 0 Å². The van der Waals surface area contributed by atoms with Crippen LogP contribution in [-0.4, -0.2) is 38.2 Å². The summed E-state index contributed by atoms with van der Waals surface area (Å²) in [6.45, 7) is 1.73. The molecule has 3 rings (SSSR count). The Labute approximate surface area is 160 Å². The third-order valence-corrected chi connectivity index (χ3v) is 4.68. The maximum atomic E-state index is 5.19. The van der Waals surface area contributed by atoms with Crippen LogP contribution in [0.4, 0.5) is 0 Å². The maximum Gasteiger partial charge on any atom is 0.190 e. The molecular weight excluding hydrogens is 336 g/mol. The number of hydrogen-bond acceptors (Lipinski definition) is 2. The number of benzene rings is 2. The van der Waals surface area contributed by atoms with Crippen molar-refractivity contribution in [1.82, 2.24) is 15.6 Å². The SMILES string of the molecule is CN=C(NCCCc1ccc(OC)cc1)NCCc1c[nH]c2ccccc12. The molecule has 0 fully saturated rings. The van der Waals surface area contributed by atoms with E-state index in [0.29, 0.717) is 0 Å². The number of aryl methyl sites for hydroxylation is 1. The van der Waals surface area contributed by atoms with Crippen molar-refractivity contribution in [3.63, 3.8) is 0 Å². The minimum absolute atomic E-state index is 0.847. The first-order chi connectivity index (χ1) is 13.3. The number of aliphatic imine (C=N–C) groups is 1. The first-order valence-corrected chi connectivity index (χ1v) is 9.42. The van der Waals surface area contributed by atoms with Crippen LogP contribution in [0, 0.1) is 0 Å². The molecule has 0 amide bonds. The van der Waals surface area contributed by atoms with Crippen molar-refractivity contribution < 1.29 is 4.74 Å². The van der Waals surface area contributed by atoms with Gasteiger partial charge in [-0.15, -0.1) is 0 Å². The van der Waals surface area contributed by atoms with Gasteiger partial charge in [0.2, 0.25) is 0 Å². The first-order valence-electron chi connectivity index (χ1n) is 9.42. The van der Waals surface area contributed by atoms with Gasteiger partial charge in [-0.05, 0) is 48.6 Å². The van der Waals surface area contributed by atoms with Crippen LogP contribution in [0.25, 0.3) is 10.9 Å². The molecule has 1 heterocycles. The molecule has 1 aromatic heterocycles. The molecule has 3 N–H and O–H groups in total. The van der Waals surface area contributed by atoms with E-state index < -0.39 is 0 Å². The largest absolute Gasteiger partial charge is 0.497 e. The second kappa shape index (κ2) is 9.67. The van der Waals surface area contributed by atoms with Gasteiger partial charge < -0.3 is 20.4 Å². The summed E-state index contributed by atoms with van der Waals surface area (Å²) in [6.07, 6.45) is 5.13. The quantitative estimate of drug-likeness (QED) is 0.326. The van der Waals surface area contributed by atoms with Crippen molar-refractivity contribution in [2.45, 2.75) is 19.3 Å². The molecule has 5 heteroatoms. The Kier molecular flexibility index (Phi) is 6.74. The molecule has 0 aliphatic rings. The van der Waals surface area contributed by atoms with Gasteiger partial charge >= 0.3 is 0 Å². The highest BCUT2D eigenvalue weighted by Crippen LogP contribution is 2.17. The average molecular weight is 364 g/mol. The zero-order valence-corrected chi connectivity index (χ0v) is 16.1. The molecule has 0 saturated carbocycles. The molecule has 0 unspecified atom stereocenters. The molecule has 0 spiro atoms. The van der Waals surface area contributed by atoms with E-state index >= 15 is 0 Å². The predicted octanol–water partition coefficient (Wildman–Crippen LogP) is 3.52. The molecule has 0 aliphatic carbocycles. The van der Waals surface area contributed by atoms with Crippen LogP contribution in [0.2, 0.25) is 0 Å². The minimum Gasteiger partial charge on any atom is -0.497 e. The van der Waals surface area contributed by atoms with Gasteiger partial charge in [0.05, 0.1) is 7.11 Å². The Morgan fingerprint density at radius 2 is 1.78 bits per heavy atom. The van der Waals surface area contributed by atoms with E-state index in [1.807, 2.05) is 19.2 Å². The van der Waals surface area contributed by atoms with Gasteiger partial charge in [-0.1, -0.05) is 30.3 Å². The van der Waals surface area contributed by atoms with Crippen molar-refractivity contribution in [1.29, 1.82) is 0 Å². The number of rotatable bonds is 8. The van der Waals surface area contributed by atoms with Crippen LogP contribution in [0.5, 0.6) is 5.75 Å². The summed E-state index contributed by atoms with van der Waals surface area (Å²) in [5.74, 6) is 1.75. The van der Waals surface area contributed by atoms with E-state index in [9.17, 15) is 0 Å². The zero-order chi connectivity index (χ0) is 18.9. The summed E-state index contributed by atoms with van der Waals surface area (Å²) in [4.78, 5) is 7.63. The second-order valence-electron chi connectivity index (χ2n) is 6.49. The van der Waals surface area contributed by atoms with Crippen LogP contribution in [-0.2, 0) is 12.8 Å². The number of aromatic amines is 1. The molecule has 27 heavy (non-hydrogen) atoms. The highest BCUT2D eigenvalue weighted by Gasteiger charge is 2.03. The lowest BCUT2D eigenvalue weighted by Crippen LogP contribution is -2.38. The van der Waals surface area contributed by atoms with Crippen molar-refractivity contribution >= 4 is 16.9 Å². The lowest BCUT2D eigenvalue weighted by atomic mass is 10.1. The van der Waals surface area contributed by atoms with Crippen molar-refractivity contribution in [2.75, 3.05) is 27.2 Å². The molecule has 0 aliphatic heterocycles. The highest BCUT2D eigenvalue weighted by atomic mass is 16.5. The molecule has 3 aromatic rings. The number of methoxy groups -OCH3 is 1. The number of nitrogens with one attached hydrogen (secondary N) is 3. The number of ether oxygens (including phenoxy) is 1. The fraction of sp³-hybridized carbons (Fsp3) is 0.318. The number of hydrogen-bond donors (Lipinski definition) is 3. The number of aromatic nitrogens is 1. The van der Waals surface area contributed by atoms with E-state index in [2.05, 4.69) is 63.2 Å². The lowest BCUT2D eigenvalue weighted by Gasteiger charge is -2.12. The summed E-state index contributed by atoms with van der Waals surface area (Å²) in [6, 6.07) is 16.7. The van der Waals surface area contributed by atoms with E-state index in [4.69, 9.17) is 4.74 Å². The van der Waals surface area contributed by atoms with E-state index in [0.717, 1.165) is 44.1 Å². The first kappa shape index (κ1) is 18.8. The van der Waals surface area contributed by atoms with Gasteiger partial charge in [0.1, 0.15) is 5.75 Å². The monoisotopic (exact) mass is 364 g/mol. The molecular formula is C22H28N4O. The van der Waals surface area contributed by atoms with Gasteiger partial charge in [0, 0.05) is 37.2 Å². The van der Waals surface area contributed by atoms with Gasteiger partial charge in [-0.2, -0.15) is 0 Å². The van der Waals surface area contributed by atoms with Crippen LogP contribution < -0.4 is 15.4 Å². The summed E-state index contributed by atoms with van der Waals surface area (Å²) in [5.41, 5.74) is 3.83.